The molecule has 0 unspecified atom stereocenters. The Labute approximate surface area is 84.7 Å². The Morgan fingerprint density at radius 1 is 1.54 bits per heavy atom. The highest BCUT2D eigenvalue weighted by Crippen LogP contribution is 2.24. The van der Waals surface area contributed by atoms with Crippen molar-refractivity contribution in [2.45, 2.75) is 13.5 Å². The van der Waals surface area contributed by atoms with E-state index >= 15 is 0 Å². The van der Waals surface area contributed by atoms with Gasteiger partial charge >= 0.3 is 0 Å². The molecule has 1 heterocycles. The molecule has 1 aromatic heterocycles. The van der Waals surface area contributed by atoms with E-state index in [9.17, 15) is 0 Å². The van der Waals surface area contributed by atoms with Gasteiger partial charge in [-0.3, -0.25) is 0 Å². The van der Waals surface area contributed by atoms with E-state index in [2.05, 4.69) is 27.8 Å². The van der Waals surface area contributed by atoms with Gasteiger partial charge in [0.2, 0.25) is 5.95 Å². The summed E-state index contributed by atoms with van der Waals surface area (Å²) in [5, 5.41) is 0. The Hall–Kier alpha value is -1.03. The van der Waals surface area contributed by atoms with Crippen LogP contribution in [0, 0.1) is 0 Å². The fraction of sp³-hybridized carbons (Fsp3) is 0.222. The monoisotopic (exact) mass is 239 g/mol. The first-order chi connectivity index (χ1) is 6.24. The van der Waals surface area contributed by atoms with Gasteiger partial charge in [-0.25, -0.2) is 4.98 Å². The average molecular weight is 240 g/mol. The highest BCUT2D eigenvalue weighted by molar-refractivity contribution is 9.10. The summed E-state index contributed by atoms with van der Waals surface area (Å²) in [6.45, 7) is 2.90. The van der Waals surface area contributed by atoms with Crippen LogP contribution in [0.5, 0.6) is 0 Å². The van der Waals surface area contributed by atoms with Crippen molar-refractivity contribution in [2.24, 2.45) is 0 Å². The predicted molar refractivity (Wildman–Crippen MR) is 57.5 cm³/mol. The third-order valence-electron chi connectivity index (χ3n) is 2.08. The number of anilines is 1. The van der Waals surface area contributed by atoms with Crippen molar-refractivity contribution in [3.05, 3.63) is 22.7 Å². The second kappa shape index (κ2) is 3.03. The molecule has 2 N–H and O–H groups in total. The summed E-state index contributed by atoms with van der Waals surface area (Å²) in [7, 11) is 0. The van der Waals surface area contributed by atoms with Crippen molar-refractivity contribution in [1.29, 1.82) is 0 Å². The molecule has 0 aliphatic heterocycles. The van der Waals surface area contributed by atoms with Gasteiger partial charge in [-0.1, -0.05) is 6.07 Å². The van der Waals surface area contributed by atoms with Crippen molar-refractivity contribution >= 4 is 32.9 Å². The molecule has 0 saturated carbocycles. The predicted octanol–water partition coefficient (Wildman–Crippen LogP) is 2.40. The van der Waals surface area contributed by atoms with E-state index in [1.165, 1.54) is 0 Å². The molecule has 3 nitrogen and oxygen atoms in total. The molecular formula is C9H10BrN3. The van der Waals surface area contributed by atoms with Crippen LogP contribution in [0.1, 0.15) is 6.92 Å². The maximum absolute atomic E-state index is 5.76. The van der Waals surface area contributed by atoms with Crippen LogP contribution in [-0.4, -0.2) is 9.55 Å². The minimum absolute atomic E-state index is 0.574. The SMILES string of the molecule is CCn1c(N)nc2c(Br)cccc21. The molecule has 0 saturated heterocycles. The standard InChI is InChI=1S/C9H10BrN3/c1-2-13-7-5-3-4-6(10)8(7)12-9(13)11/h3-5H,2H2,1H3,(H2,11,12). The number of nitrogens with two attached hydrogens (primary N) is 1. The Morgan fingerprint density at radius 2 is 2.31 bits per heavy atom. The summed E-state index contributed by atoms with van der Waals surface area (Å²) >= 11 is 3.44. The molecule has 13 heavy (non-hydrogen) atoms. The summed E-state index contributed by atoms with van der Waals surface area (Å²) < 4.78 is 2.98. The number of para-hydroxylation sites is 1. The Bertz CT molecular complexity index is 447. The van der Waals surface area contributed by atoms with E-state index in [0.717, 1.165) is 22.1 Å². The van der Waals surface area contributed by atoms with Crippen molar-refractivity contribution in [2.75, 3.05) is 5.73 Å². The lowest BCUT2D eigenvalue weighted by atomic mass is 10.3. The number of halogens is 1. The van der Waals surface area contributed by atoms with Crippen LogP contribution in [0.2, 0.25) is 0 Å². The summed E-state index contributed by atoms with van der Waals surface area (Å²) in [6, 6.07) is 5.97. The number of benzene rings is 1. The Morgan fingerprint density at radius 3 is 3.00 bits per heavy atom. The van der Waals surface area contributed by atoms with Gasteiger partial charge in [-0.05, 0) is 35.0 Å². The molecule has 4 heteroatoms. The maximum atomic E-state index is 5.76. The highest BCUT2D eigenvalue weighted by atomic mass is 79.9. The second-order valence-corrected chi connectivity index (χ2v) is 3.68. The number of hydrogen-bond donors (Lipinski definition) is 1. The van der Waals surface area contributed by atoms with Gasteiger partial charge in [0.1, 0.15) is 5.52 Å². The number of aryl methyl sites for hydroxylation is 1. The number of nitrogen functional groups attached to an aromatic ring is 1. The summed E-state index contributed by atoms with van der Waals surface area (Å²) in [5.74, 6) is 0.574. The molecule has 0 aliphatic rings. The van der Waals surface area contributed by atoms with Crippen molar-refractivity contribution in [1.82, 2.24) is 9.55 Å². The second-order valence-electron chi connectivity index (χ2n) is 2.82. The summed E-state index contributed by atoms with van der Waals surface area (Å²) in [4.78, 5) is 4.28. The molecule has 2 aromatic rings. The molecule has 68 valence electrons. The van der Waals surface area contributed by atoms with Crippen LogP contribution in [0.25, 0.3) is 11.0 Å². The highest BCUT2D eigenvalue weighted by Gasteiger charge is 2.07. The lowest BCUT2D eigenvalue weighted by Gasteiger charge is -2.00. The van der Waals surface area contributed by atoms with Crippen LogP contribution < -0.4 is 5.73 Å². The first-order valence-corrected chi connectivity index (χ1v) is 4.93. The zero-order chi connectivity index (χ0) is 9.42. The third kappa shape index (κ3) is 1.21. The number of hydrogen-bond acceptors (Lipinski definition) is 2. The lowest BCUT2D eigenvalue weighted by molar-refractivity contribution is 0.800. The number of nitrogens with zero attached hydrogens (tertiary/aromatic N) is 2. The number of rotatable bonds is 1. The van der Waals surface area contributed by atoms with E-state index < -0.39 is 0 Å². The zero-order valence-electron chi connectivity index (χ0n) is 7.29. The molecule has 2 rings (SSSR count). The maximum Gasteiger partial charge on any atom is 0.201 e. The van der Waals surface area contributed by atoms with Crippen LogP contribution in [0.3, 0.4) is 0 Å². The minimum atomic E-state index is 0.574. The fourth-order valence-corrected chi connectivity index (χ4v) is 1.91. The van der Waals surface area contributed by atoms with Crippen molar-refractivity contribution < 1.29 is 0 Å². The summed E-state index contributed by atoms with van der Waals surface area (Å²) in [6.07, 6.45) is 0. The Balaban J connectivity index is 2.86. The van der Waals surface area contributed by atoms with Gasteiger partial charge in [0, 0.05) is 11.0 Å². The molecular weight excluding hydrogens is 230 g/mol. The number of aromatic nitrogens is 2. The quantitative estimate of drug-likeness (QED) is 0.831. The van der Waals surface area contributed by atoms with Gasteiger partial charge in [0.05, 0.1) is 5.52 Å². The van der Waals surface area contributed by atoms with Gasteiger partial charge in [-0.2, -0.15) is 0 Å². The van der Waals surface area contributed by atoms with Gasteiger partial charge < -0.3 is 10.3 Å². The number of fused-ring (bicyclic) bond motifs is 1. The smallest absolute Gasteiger partial charge is 0.201 e. The first kappa shape index (κ1) is 8.56. The largest absolute Gasteiger partial charge is 0.369 e. The topological polar surface area (TPSA) is 43.8 Å². The van der Waals surface area contributed by atoms with Gasteiger partial charge in [-0.15, -0.1) is 0 Å². The van der Waals surface area contributed by atoms with E-state index in [0.29, 0.717) is 5.95 Å². The van der Waals surface area contributed by atoms with Crippen LogP contribution in [0.15, 0.2) is 22.7 Å². The van der Waals surface area contributed by atoms with E-state index in [4.69, 9.17) is 5.73 Å². The first-order valence-electron chi connectivity index (χ1n) is 4.14. The molecule has 0 bridgehead atoms. The minimum Gasteiger partial charge on any atom is -0.369 e. The van der Waals surface area contributed by atoms with E-state index in [1.807, 2.05) is 22.8 Å². The normalized spacial score (nSPS) is 10.9. The summed E-state index contributed by atoms with van der Waals surface area (Å²) in [5.41, 5.74) is 7.77. The number of imidazole rings is 1. The van der Waals surface area contributed by atoms with Crippen LogP contribution in [0.4, 0.5) is 5.95 Å². The molecule has 0 aliphatic carbocycles. The van der Waals surface area contributed by atoms with Crippen molar-refractivity contribution in [3.8, 4) is 0 Å². The van der Waals surface area contributed by atoms with E-state index in [1.54, 1.807) is 0 Å². The molecule has 0 fully saturated rings. The molecule has 0 amide bonds. The third-order valence-corrected chi connectivity index (χ3v) is 2.72. The van der Waals surface area contributed by atoms with Crippen molar-refractivity contribution in [3.63, 3.8) is 0 Å². The zero-order valence-corrected chi connectivity index (χ0v) is 8.87. The van der Waals surface area contributed by atoms with Crippen LogP contribution in [-0.2, 0) is 6.54 Å². The molecule has 0 radical (unpaired) electrons. The molecule has 0 spiro atoms. The molecule has 0 atom stereocenters. The Kier molecular flexibility index (Phi) is 2.00. The lowest BCUT2D eigenvalue weighted by Crippen LogP contribution is -2.00. The molecule has 1 aromatic carbocycles. The van der Waals surface area contributed by atoms with Crippen LogP contribution >= 0.6 is 15.9 Å². The van der Waals surface area contributed by atoms with Gasteiger partial charge in [0.15, 0.2) is 0 Å². The van der Waals surface area contributed by atoms with Gasteiger partial charge in [0.25, 0.3) is 0 Å². The van der Waals surface area contributed by atoms with E-state index in [-0.39, 0.29) is 0 Å². The average Bonchev–Trinajstić information content (AvgIpc) is 2.43. The fourth-order valence-electron chi connectivity index (χ4n) is 1.46.